The minimum atomic E-state index is -1.15. The summed E-state index contributed by atoms with van der Waals surface area (Å²) in [4.78, 5) is 48.8. The fourth-order valence-electron chi connectivity index (χ4n) is 7.72. The van der Waals surface area contributed by atoms with Gasteiger partial charge in [0, 0.05) is 30.5 Å². The topological polar surface area (TPSA) is 206 Å². The average molecular weight is 1050 g/mol. The zero-order chi connectivity index (χ0) is 54.7. The van der Waals surface area contributed by atoms with Crippen LogP contribution in [0.2, 0.25) is 0 Å². The molecule has 0 spiro atoms. The van der Waals surface area contributed by atoms with Crippen molar-refractivity contribution >= 4 is 18.2 Å². The van der Waals surface area contributed by atoms with Crippen molar-refractivity contribution in [3.05, 3.63) is 204 Å². The molecule has 398 valence electrons. The summed E-state index contributed by atoms with van der Waals surface area (Å²) in [7, 11) is 3.10. The van der Waals surface area contributed by atoms with Gasteiger partial charge in [0.1, 0.15) is 58.3 Å². The van der Waals surface area contributed by atoms with E-state index >= 15 is 0 Å². The van der Waals surface area contributed by atoms with Gasteiger partial charge in [0.25, 0.3) is 0 Å². The van der Waals surface area contributed by atoms with E-state index in [4.69, 9.17) is 37.3 Å². The van der Waals surface area contributed by atoms with Gasteiger partial charge >= 0.3 is 18.2 Å². The number of hydrogen-bond donors (Lipinski definition) is 2. The molecule has 0 fully saturated rings. The molecule has 2 heterocycles. The molecule has 0 aliphatic heterocycles. The van der Waals surface area contributed by atoms with Gasteiger partial charge in [-0.05, 0) is 129 Å². The zero-order valence-electron chi connectivity index (χ0n) is 43.4. The van der Waals surface area contributed by atoms with Gasteiger partial charge in [-0.1, -0.05) is 67.2 Å². The number of aliphatic hydroxyl groups is 1. The van der Waals surface area contributed by atoms with Gasteiger partial charge < -0.3 is 47.5 Å². The summed E-state index contributed by atoms with van der Waals surface area (Å²) in [6.07, 6.45) is -0.200. The van der Waals surface area contributed by atoms with Crippen LogP contribution in [0.5, 0.6) is 34.5 Å². The molecule has 2 N–H and O–H groups in total. The second kappa shape index (κ2) is 27.1. The lowest BCUT2D eigenvalue weighted by Crippen LogP contribution is -2.39. The Morgan fingerprint density at radius 3 is 1.40 bits per heavy atom. The largest absolute Gasteiger partial charge is 0.511 e. The first kappa shape index (κ1) is 55.2. The van der Waals surface area contributed by atoms with Crippen molar-refractivity contribution in [3.8, 4) is 57.4 Å². The number of aliphatic hydroxyl groups excluding tert-OH is 1. The molecule has 0 unspecified atom stereocenters. The number of rotatable bonds is 22. The summed E-state index contributed by atoms with van der Waals surface area (Å²) in [6, 6.07) is 46.6. The van der Waals surface area contributed by atoms with Gasteiger partial charge in [0.15, 0.2) is 0 Å². The number of benzene rings is 6. The van der Waals surface area contributed by atoms with Crippen molar-refractivity contribution in [3.63, 3.8) is 0 Å². The second-order valence-electron chi connectivity index (χ2n) is 17.4. The lowest BCUT2D eigenvalue weighted by atomic mass is 10.1. The molecule has 0 bridgehead atoms. The zero-order valence-corrected chi connectivity index (χ0v) is 43.4. The Morgan fingerprint density at radius 1 is 0.558 bits per heavy atom. The number of amides is 2. The van der Waals surface area contributed by atoms with Crippen molar-refractivity contribution in [2.45, 2.75) is 46.2 Å². The highest BCUT2D eigenvalue weighted by Crippen LogP contribution is 2.28. The molecule has 0 saturated carbocycles. The Morgan fingerprint density at radius 2 is 0.974 bits per heavy atom. The molecule has 2 aromatic heterocycles. The third-order valence-corrected chi connectivity index (χ3v) is 11.9. The Kier molecular flexibility index (Phi) is 19.5. The van der Waals surface area contributed by atoms with Crippen LogP contribution in [0.25, 0.3) is 22.9 Å². The highest BCUT2D eigenvalue weighted by Gasteiger charge is 2.26. The number of hydrogen-bond acceptors (Lipinski definition) is 14. The lowest BCUT2D eigenvalue weighted by molar-refractivity contribution is -0.138. The predicted octanol–water partition coefficient (Wildman–Crippen LogP) is 12.3. The van der Waals surface area contributed by atoms with Crippen molar-refractivity contribution in [2.24, 2.45) is 0 Å². The Bertz CT molecular complexity index is 3160. The number of aryl methyl sites for hydroxylation is 2. The van der Waals surface area contributed by atoms with Crippen molar-refractivity contribution in [1.82, 2.24) is 19.8 Å². The van der Waals surface area contributed by atoms with Crippen LogP contribution < -0.4 is 28.4 Å². The van der Waals surface area contributed by atoms with Crippen molar-refractivity contribution in [2.75, 3.05) is 40.5 Å². The number of carbonyl (C=O) groups excluding carboxylic acids is 2. The van der Waals surface area contributed by atoms with Crippen molar-refractivity contribution < 1.29 is 61.9 Å². The summed E-state index contributed by atoms with van der Waals surface area (Å²) in [5, 5.41) is 19.1. The molecule has 8 aromatic rings. The molecule has 17 nitrogen and oxygen atoms in total. The normalized spacial score (nSPS) is 11.0. The molecule has 17 heteroatoms. The van der Waals surface area contributed by atoms with E-state index in [0.29, 0.717) is 66.6 Å². The Balaban J connectivity index is 0.000000224. The van der Waals surface area contributed by atoms with E-state index in [-0.39, 0.29) is 24.6 Å². The molecule has 0 aliphatic carbocycles. The molecule has 77 heavy (non-hydrogen) atoms. The van der Waals surface area contributed by atoms with E-state index in [1.165, 1.54) is 12.0 Å². The minimum Gasteiger partial charge on any atom is -0.511 e. The minimum absolute atomic E-state index is 0.0603. The molecular formula is C60H60N4O13. The smallest absolute Gasteiger partial charge is 0.416 e. The summed E-state index contributed by atoms with van der Waals surface area (Å²) in [5.41, 5.74) is 5.11. The van der Waals surface area contributed by atoms with E-state index in [9.17, 15) is 24.6 Å². The molecule has 6 aromatic carbocycles. The predicted molar refractivity (Wildman–Crippen MR) is 288 cm³/mol. The number of ether oxygens (including phenoxy) is 6. The average Bonchev–Trinajstić information content (AvgIpc) is 4.02. The van der Waals surface area contributed by atoms with Crippen LogP contribution in [0.15, 0.2) is 179 Å². The van der Waals surface area contributed by atoms with Crippen LogP contribution >= 0.6 is 0 Å². The first-order valence-corrected chi connectivity index (χ1v) is 24.5. The third kappa shape index (κ3) is 16.2. The number of aromatic nitrogens is 2. The molecule has 2 amide bonds. The van der Waals surface area contributed by atoms with Gasteiger partial charge in [-0.3, -0.25) is 14.6 Å². The van der Waals surface area contributed by atoms with Gasteiger partial charge in [-0.25, -0.2) is 19.6 Å². The molecular weight excluding hydrogens is 985 g/mol. The number of carboxylic acid groups (broad SMARTS) is 1. The second-order valence-corrected chi connectivity index (χ2v) is 17.4. The fourth-order valence-corrected chi connectivity index (χ4v) is 7.72. The number of oxazole rings is 2. The highest BCUT2D eigenvalue weighted by atomic mass is 16.6. The van der Waals surface area contributed by atoms with Gasteiger partial charge in [0.2, 0.25) is 11.8 Å². The SMILES string of the molecule is C=C(O)CN(Cc1ccc(OCCc2nc(-c3ccccc3)oc2C)cc1)C(=O)Oc1ccc(OC)cc1.COc1ccc(OC(=O)N(CC(=O)O)[C@@H](C)c2ccc(OCCc3nc(-c4ccccc4)oc3C)cc2)cc1. The lowest BCUT2D eigenvalue weighted by Gasteiger charge is -2.27. The van der Waals surface area contributed by atoms with Crippen LogP contribution in [0.1, 0.15) is 47.0 Å². The molecule has 0 aliphatic rings. The number of carbonyl (C=O) groups is 3. The Labute approximate surface area is 446 Å². The van der Waals surface area contributed by atoms with Crippen LogP contribution in [0.3, 0.4) is 0 Å². The maximum absolute atomic E-state index is 12.9. The standard InChI is InChI=1S/C30H30N2O7.C30H30N2O6/c1-20(32(19-28(33)34)30(35)39-26-15-13-24(36-3)14-16-26)22-9-11-25(12-10-22)37-18-17-27-21(2)38-29(31-27)23-7-5-4-6-8-23;1-21(33)19-32(30(34)38-27-15-13-25(35-3)14-16-27)20-23-9-11-26(12-10-23)36-18-17-28-22(2)37-29(31-28)24-7-5-4-6-8-24/h4-16,20H,17-19H2,1-3H3,(H,33,34);4-16,33H,1,17-20H2,2-3H3/t20-;/m0./s1. The number of nitrogens with zero attached hydrogens (tertiary/aromatic N) is 4. The molecule has 1 atom stereocenters. The van der Waals surface area contributed by atoms with Gasteiger partial charge in [-0.15, -0.1) is 0 Å². The highest BCUT2D eigenvalue weighted by molar-refractivity contribution is 5.78. The summed E-state index contributed by atoms with van der Waals surface area (Å²) >= 11 is 0. The van der Waals surface area contributed by atoms with E-state index < -0.39 is 30.7 Å². The van der Waals surface area contributed by atoms with Crippen LogP contribution in [0.4, 0.5) is 9.59 Å². The van der Waals surface area contributed by atoms with Crippen LogP contribution in [-0.2, 0) is 24.2 Å². The maximum atomic E-state index is 12.9. The fraction of sp³-hybridized carbons (Fsp3) is 0.217. The quantitative estimate of drug-likeness (QED) is 0.0606. The van der Waals surface area contributed by atoms with Gasteiger partial charge in [0.05, 0.1) is 51.4 Å². The summed E-state index contributed by atoms with van der Waals surface area (Å²) < 4.78 is 44.5. The van der Waals surface area contributed by atoms with Gasteiger partial charge in [-0.2, -0.15) is 0 Å². The van der Waals surface area contributed by atoms with E-state index in [1.54, 1.807) is 86.8 Å². The van der Waals surface area contributed by atoms with Crippen LogP contribution in [-0.4, -0.2) is 88.7 Å². The molecule has 8 rings (SSSR count). The molecule has 0 saturated heterocycles. The van der Waals surface area contributed by atoms with E-state index in [2.05, 4.69) is 16.5 Å². The first-order chi connectivity index (χ1) is 37.2. The summed E-state index contributed by atoms with van der Waals surface area (Å²) in [6.45, 7) is 9.50. The van der Waals surface area contributed by atoms with Crippen LogP contribution in [0, 0.1) is 13.8 Å². The Hall–Kier alpha value is -9.51. The number of aliphatic carboxylic acids is 1. The van der Waals surface area contributed by atoms with Crippen molar-refractivity contribution in [1.29, 1.82) is 0 Å². The number of carboxylic acids is 1. The monoisotopic (exact) mass is 1040 g/mol. The summed E-state index contributed by atoms with van der Waals surface area (Å²) in [5.74, 6) is 4.66. The van der Waals surface area contributed by atoms with E-state index in [1.807, 2.05) is 98.8 Å². The number of methoxy groups -OCH3 is 2. The first-order valence-electron chi connectivity index (χ1n) is 24.5. The van der Waals surface area contributed by atoms with E-state index in [0.717, 1.165) is 50.1 Å². The molecule has 0 radical (unpaired) electrons. The third-order valence-electron chi connectivity index (χ3n) is 11.9. The maximum Gasteiger partial charge on any atom is 0.416 e.